The van der Waals surface area contributed by atoms with Gasteiger partial charge in [0.1, 0.15) is 22.5 Å². The monoisotopic (exact) mass is 509 g/mol. The van der Waals surface area contributed by atoms with Gasteiger partial charge in [-0.2, -0.15) is 0 Å². The van der Waals surface area contributed by atoms with Gasteiger partial charge in [0.15, 0.2) is 0 Å². The number of hydrogen-bond donors (Lipinski definition) is 0. The van der Waals surface area contributed by atoms with Crippen LogP contribution < -0.4 is 0 Å². The van der Waals surface area contributed by atoms with Gasteiger partial charge < -0.3 is 9.47 Å². The molecule has 2 atom stereocenters. The van der Waals surface area contributed by atoms with Gasteiger partial charge in [-0.15, -0.1) is 0 Å². The number of ether oxygens (including phenoxy) is 2. The van der Waals surface area contributed by atoms with Crippen molar-refractivity contribution in [3.8, 4) is 0 Å². The first-order valence-electron chi connectivity index (χ1n) is 10.1. The number of carbonyl (C=O) groups excluding carboxylic acids is 2. The van der Waals surface area contributed by atoms with Crippen LogP contribution in [-0.2, 0) is 19.1 Å². The molecule has 0 saturated carbocycles. The Balaban J connectivity index is 0.000000247. The van der Waals surface area contributed by atoms with Gasteiger partial charge in [0, 0.05) is 32.7 Å². The topological polar surface area (TPSA) is 90.8 Å². The summed E-state index contributed by atoms with van der Waals surface area (Å²) >= 11 is 3.20. The summed E-state index contributed by atoms with van der Waals surface area (Å²) in [6, 6.07) is 11.0. The fraction of sp³-hybridized carbons (Fsp3) is 0.478. The lowest BCUT2D eigenvalue weighted by atomic mass is 10.1. The molecule has 0 unspecified atom stereocenters. The van der Waals surface area contributed by atoms with Crippen molar-refractivity contribution in [2.75, 3.05) is 27.4 Å². The molecule has 0 radical (unpaired) electrons. The number of ketones is 1. The largest absolute Gasteiger partial charge is 0.370 e. The molecule has 2 aliphatic rings. The minimum atomic E-state index is -0.278. The number of pyridine rings is 2. The van der Waals surface area contributed by atoms with Crippen LogP contribution in [0.5, 0.6) is 0 Å². The van der Waals surface area contributed by atoms with E-state index in [-0.39, 0.29) is 31.3 Å². The van der Waals surface area contributed by atoms with Crippen LogP contribution in [0.3, 0.4) is 0 Å². The highest BCUT2D eigenvalue weighted by molar-refractivity contribution is 9.10. The average Bonchev–Trinajstić information content (AvgIpc) is 3.54. The number of nitrogens with zero attached hydrogens (tertiary/aromatic N) is 3. The van der Waals surface area contributed by atoms with Crippen LogP contribution in [0.15, 0.2) is 53.4 Å². The lowest BCUT2D eigenvalue weighted by Gasteiger charge is -2.17. The van der Waals surface area contributed by atoms with Crippen molar-refractivity contribution in [3.05, 3.63) is 59.1 Å². The highest BCUT2D eigenvalue weighted by Gasteiger charge is 2.26. The molecule has 1 amide bonds. The zero-order valence-corrected chi connectivity index (χ0v) is 19.4. The van der Waals surface area contributed by atoms with E-state index in [4.69, 9.17) is 14.3 Å². The van der Waals surface area contributed by atoms with E-state index < -0.39 is 0 Å². The summed E-state index contributed by atoms with van der Waals surface area (Å²) in [5.74, 6) is -0.0805. The molecule has 0 N–H and O–H groups in total. The highest BCUT2D eigenvalue weighted by Crippen LogP contribution is 2.16. The van der Waals surface area contributed by atoms with E-state index in [2.05, 4.69) is 25.9 Å². The number of hydroxylamine groups is 2. The Morgan fingerprint density at radius 3 is 2.00 bits per heavy atom. The van der Waals surface area contributed by atoms with Gasteiger partial charge in [0.05, 0.1) is 7.11 Å². The smallest absolute Gasteiger partial charge is 0.274 e. The third-order valence-corrected chi connectivity index (χ3v) is 5.03. The number of amides is 1. The summed E-state index contributed by atoms with van der Waals surface area (Å²) in [7, 11) is 3.05. The Morgan fingerprint density at radius 1 is 1.00 bits per heavy atom. The number of aromatic nitrogens is 2. The van der Waals surface area contributed by atoms with Crippen molar-refractivity contribution < 1.29 is 23.9 Å². The first-order chi connectivity index (χ1) is 15.0. The number of halogens is 1. The molecule has 4 heterocycles. The van der Waals surface area contributed by atoms with Crippen LogP contribution >= 0.6 is 15.9 Å². The molecule has 2 aliphatic heterocycles. The van der Waals surface area contributed by atoms with Crippen LogP contribution in [0, 0.1) is 0 Å². The Bertz CT molecular complexity index is 783. The molecule has 0 aromatic carbocycles. The summed E-state index contributed by atoms with van der Waals surface area (Å²) in [6.07, 6.45) is 6.42. The van der Waals surface area contributed by atoms with Crippen LogP contribution in [0.2, 0.25) is 0 Å². The van der Waals surface area contributed by atoms with Crippen molar-refractivity contribution in [1.82, 2.24) is 15.0 Å². The first-order valence-corrected chi connectivity index (χ1v) is 10.9. The molecule has 0 aliphatic carbocycles. The molecule has 2 fully saturated rings. The maximum atomic E-state index is 11.7. The van der Waals surface area contributed by atoms with Crippen LogP contribution in [0.4, 0.5) is 0 Å². The molecule has 8 nitrogen and oxygen atoms in total. The molecule has 0 spiro atoms. The molecule has 2 saturated heterocycles. The molecule has 2 aromatic heterocycles. The molecular weight excluding hydrogens is 478 g/mol. The first kappa shape index (κ1) is 27.8. The van der Waals surface area contributed by atoms with Crippen molar-refractivity contribution in [1.29, 1.82) is 0 Å². The number of carbonyl (C=O) groups is 2. The molecule has 176 valence electrons. The standard InChI is InChI=1S/C10H11NO2.C7H13NO3.C5H4BrN.CH4/c12-10(9-5-3-7-13-9)8-4-1-2-6-11-8;1-8(10-2)7(9)6-4-3-5-11-6;6-5-3-1-2-4-7-5;/h1-2,4,6,9H,3,5,7H2;6H,3-5H2,1-2H3;1-4H;1H4/t9-;6-;;/m11../s1. The highest BCUT2D eigenvalue weighted by atomic mass is 79.9. The maximum Gasteiger partial charge on any atom is 0.274 e. The van der Waals surface area contributed by atoms with Gasteiger partial charge in [-0.05, 0) is 65.9 Å². The number of likely N-dealkylation sites (N-methyl/N-ethyl adjacent to an activating group) is 1. The zero-order valence-electron chi connectivity index (χ0n) is 17.8. The molecule has 2 aromatic rings. The Kier molecular flexibility index (Phi) is 13.5. The van der Waals surface area contributed by atoms with E-state index in [1.165, 1.54) is 12.2 Å². The van der Waals surface area contributed by atoms with E-state index in [1.54, 1.807) is 31.6 Å². The summed E-state index contributed by atoms with van der Waals surface area (Å²) in [4.78, 5) is 35.5. The summed E-state index contributed by atoms with van der Waals surface area (Å²) < 4.78 is 11.3. The van der Waals surface area contributed by atoms with Crippen molar-refractivity contribution in [3.63, 3.8) is 0 Å². The normalized spacial score (nSPS) is 18.8. The fourth-order valence-corrected chi connectivity index (χ4v) is 3.14. The Morgan fingerprint density at radius 2 is 1.59 bits per heavy atom. The van der Waals surface area contributed by atoms with Gasteiger partial charge in [0.25, 0.3) is 5.91 Å². The van der Waals surface area contributed by atoms with E-state index in [1.807, 2.05) is 24.3 Å². The number of rotatable bonds is 4. The van der Waals surface area contributed by atoms with Gasteiger partial charge in [0.2, 0.25) is 5.78 Å². The Hall–Kier alpha value is -2.20. The van der Waals surface area contributed by atoms with E-state index >= 15 is 0 Å². The van der Waals surface area contributed by atoms with Crippen molar-refractivity contribution >= 4 is 27.6 Å². The van der Waals surface area contributed by atoms with E-state index in [0.717, 1.165) is 30.3 Å². The molecule has 32 heavy (non-hydrogen) atoms. The van der Waals surface area contributed by atoms with Crippen molar-refractivity contribution in [2.45, 2.75) is 45.3 Å². The maximum absolute atomic E-state index is 11.7. The molecular formula is C23H32BrN3O5. The fourth-order valence-electron chi connectivity index (χ4n) is 2.86. The van der Waals surface area contributed by atoms with Gasteiger partial charge in [-0.3, -0.25) is 19.4 Å². The second-order valence-corrected chi connectivity index (χ2v) is 7.57. The minimum Gasteiger partial charge on any atom is -0.370 e. The molecule has 9 heteroatoms. The number of hydrogen-bond acceptors (Lipinski definition) is 7. The average molecular weight is 510 g/mol. The Labute approximate surface area is 198 Å². The zero-order chi connectivity index (χ0) is 22.5. The summed E-state index contributed by atoms with van der Waals surface area (Å²) in [5, 5.41) is 1.20. The lowest BCUT2D eigenvalue weighted by Crippen LogP contribution is -2.35. The summed E-state index contributed by atoms with van der Waals surface area (Å²) in [6.45, 7) is 1.39. The summed E-state index contributed by atoms with van der Waals surface area (Å²) in [5.41, 5.74) is 0.509. The van der Waals surface area contributed by atoms with E-state index in [0.29, 0.717) is 18.9 Å². The van der Waals surface area contributed by atoms with E-state index in [9.17, 15) is 9.59 Å². The quantitative estimate of drug-likeness (QED) is 0.347. The van der Waals surface area contributed by atoms with Gasteiger partial charge in [-0.1, -0.05) is 19.6 Å². The molecule has 4 rings (SSSR count). The predicted molar refractivity (Wildman–Crippen MR) is 125 cm³/mol. The van der Waals surface area contributed by atoms with Gasteiger partial charge in [-0.25, -0.2) is 10.0 Å². The van der Waals surface area contributed by atoms with Crippen LogP contribution in [0.1, 0.15) is 43.6 Å². The van der Waals surface area contributed by atoms with Crippen LogP contribution in [0.25, 0.3) is 0 Å². The lowest BCUT2D eigenvalue weighted by molar-refractivity contribution is -0.178. The minimum absolute atomic E-state index is 0. The third-order valence-electron chi connectivity index (χ3n) is 4.56. The second kappa shape index (κ2) is 15.6. The van der Waals surface area contributed by atoms with Crippen molar-refractivity contribution in [2.24, 2.45) is 0 Å². The third kappa shape index (κ3) is 9.52. The number of Topliss-reactive ketones (excluding diaryl/α,β-unsaturated/α-hetero) is 1. The second-order valence-electron chi connectivity index (χ2n) is 6.75. The SMILES string of the molecule is Brc1ccccn1.C.CON(C)C(=O)[C@H]1CCCO1.O=C(c1ccccn1)[C@H]1CCCO1. The van der Waals surface area contributed by atoms with Gasteiger partial charge >= 0.3 is 0 Å². The molecule has 0 bridgehead atoms. The van der Waals surface area contributed by atoms with Crippen LogP contribution in [-0.4, -0.2) is 66.3 Å². The predicted octanol–water partition coefficient (Wildman–Crippen LogP) is 4.11.